The second-order valence-corrected chi connectivity index (χ2v) is 5.85. The van der Waals surface area contributed by atoms with E-state index >= 15 is 0 Å². The summed E-state index contributed by atoms with van der Waals surface area (Å²) in [6.45, 7) is -1.13. The van der Waals surface area contributed by atoms with Crippen LogP contribution in [0.3, 0.4) is 0 Å². The first-order valence-corrected chi connectivity index (χ1v) is 8.59. The van der Waals surface area contributed by atoms with E-state index in [4.69, 9.17) is 4.74 Å². The van der Waals surface area contributed by atoms with E-state index in [1.807, 2.05) is 6.92 Å². The molecule has 0 saturated heterocycles. The number of ether oxygens (including phenoxy) is 2. The Kier molecular flexibility index (Phi) is 6.47. The van der Waals surface area contributed by atoms with E-state index in [1.165, 1.54) is 18.2 Å². The van der Waals surface area contributed by atoms with Gasteiger partial charge >= 0.3 is 12.6 Å². The Morgan fingerprint density at radius 1 is 1.10 bits per heavy atom. The standard InChI is InChI=1S/C21H17F2N3O3/c1-14-13-16(28-21-24-11-4-12-25-21)8-9-17(14)26-19(27)10-7-15-5-2-3-6-18(15)29-20(22)23/h2-13,20H,1H3,(H,26,27)/b10-7+. The van der Waals surface area contributed by atoms with Gasteiger partial charge in [-0.1, -0.05) is 18.2 Å². The van der Waals surface area contributed by atoms with Gasteiger partial charge in [0.15, 0.2) is 0 Å². The highest BCUT2D eigenvalue weighted by atomic mass is 19.3. The van der Waals surface area contributed by atoms with Crippen molar-refractivity contribution in [2.45, 2.75) is 13.5 Å². The number of para-hydroxylation sites is 1. The van der Waals surface area contributed by atoms with Crippen molar-refractivity contribution in [3.63, 3.8) is 0 Å². The van der Waals surface area contributed by atoms with Gasteiger partial charge in [-0.3, -0.25) is 4.79 Å². The molecule has 3 aromatic rings. The van der Waals surface area contributed by atoms with Gasteiger partial charge in [0.25, 0.3) is 0 Å². The molecule has 0 fully saturated rings. The summed E-state index contributed by atoms with van der Waals surface area (Å²) >= 11 is 0. The highest BCUT2D eigenvalue weighted by molar-refractivity contribution is 6.02. The Hall–Kier alpha value is -3.81. The minimum atomic E-state index is -2.94. The maximum Gasteiger partial charge on any atom is 0.387 e. The van der Waals surface area contributed by atoms with Gasteiger partial charge in [0.2, 0.25) is 5.91 Å². The SMILES string of the molecule is Cc1cc(Oc2ncccn2)ccc1NC(=O)/C=C/c1ccccc1OC(F)F. The molecule has 0 spiro atoms. The summed E-state index contributed by atoms with van der Waals surface area (Å²) in [7, 11) is 0. The Morgan fingerprint density at radius 2 is 1.86 bits per heavy atom. The molecule has 0 saturated carbocycles. The van der Waals surface area contributed by atoms with Crippen molar-refractivity contribution >= 4 is 17.7 Å². The maximum atomic E-state index is 12.5. The lowest BCUT2D eigenvalue weighted by atomic mass is 10.1. The van der Waals surface area contributed by atoms with Crippen LogP contribution in [0.25, 0.3) is 6.08 Å². The Labute approximate surface area is 165 Å². The van der Waals surface area contributed by atoms with E-state index in [9.17, 15) is 13.6 Å². The molecule has 6 nitrogen and oxygen atoms in total. The number of hydrogen-bond acceptors (Lipinski definition) is 5. The molecule has 1 amide bonds. The molecule has 0 bridgehead atoms. The largest absolute Gasteiger partial charge is 0.434 e. The summed E-state index contributed by atoms with van der Waals surface area (Å²) in [5, 5.41) is 2.73. The number of halogens is 2. The van der Waals surface area contributed by atoms with Crippen LogP contribution in [-0.2, 0) is 4.79 Å². The first-order chi connectivity index (χ1) is 14.0. The molecule has 1 aromatic heterocycles. The summed E-state index contributed by atoms with van der Waals surface area (Å²) < 4.78 is 34.9. The zero-order valence-corrected chi connectivity index (χ0v) is 15.4. The minimum Gasteiger partial charge on any atom is -0.434 e. The second kappa shape index (κ2) is 9.41. The third-order valence-corrected chi connectivity index (χ3v) is 3.76. The summed E-state index contributed by atoms with van der Waals surface area (Å²) in [6.07, 6.45) is 5.79. The molecule has 0 aliphatic rings. The van der Waals surface area contributed by atoms with Crippen molar-refractivity contribution in [1.29, 1.82) is 0 Å². The van der Waals surface area contributed by atoms with Gasteiger partial charge in [-0.15, -0.1) is 0 Å². The molecule has 3 rings (SSSR count). The lowest BCUT2D eigenvalue weighted by Gasteiger charge is -2.10. The van der Waals surface area contributed by atoms with Crippen molar-refractivity contribution < 1.29 is 23.0 Å². The molecular formula is C21H17F2N3O3. The minimum absolute atomic E-state index is 0.00707. The molecule has 0 atom stereocenters. The molecule has 0 radical (unpaired) electrons. The number of benzene rings is 2. The fraction of sp³-hybridized carbons (Fsp3) is 0.0952. The van der Waals surface area contributed by atoms with Gasteiger partial charge in [0, 0.05) is 29.7 Å². The van der Waals surface area contributed by atoms with Crippen molar-refractivity contribution in [3.05, 3.63) is 78.1 Å². The number of hydrogen-bond donors (Lipinski definition) is 1. The second-order valence-electron chi connectivity index (χ2n) is 5.85. The molecule has 29 heavy (non-hydrogen) atoms. The quantitative estimate of drug-likeness (QED) is 0.578. The summed E-state index contributed by atoms with van der Waals surface area (Å²) in [5.41, 5.74) is 1.71. The molecule has 0 aliphatic heterocycles. The Balaban J connectivity index is 1.66. The van der Waals surface area contributed by atoms with Gasteiger partial charge in [0.05, 0.1) is 0 Å². The number of nitrogens with one attached hydrogen (secondary N) is 1. The predicted molar refractivity (Wildman–Crippen MR) is 104 cm³/mol. The van der Waals surface area contributed by atoms with E-state index in [0.29, 0.717) is 17.0 Å². The number of anilines is 1. The highest BCUT2D eigenvalue weighted by Crippen LogP contribution is 2.25. The third-order valence-electron chi connectivity index (χ3n) is 3.76. The molecule has 1 N–H and O–H groups in total. The average Bonchev–Trinajstić information content (AvgIpc) is 2.70. The normalized spacial score (nSPS) is 10.9. The van der Waals surface area contributed by atoms with Crippen molar-refractivity contribution in [2.75, 3.05) is 5.32 Å². The van der Waals surface area contributed by atoms with Crippen LogP contribution in [0.5, 0.6) is 17.5 Å². The number of nitrogens with zero attached hydrogens (tertiary/aromatic N) is 2. The molecule has 0 unspecified atom stereocenters. The first-order valence-electron chi connectivity index (χ1n) is 8.59. The number of aromatic nitrogens is 2. The van der Waals surface area contributed by atoms with Crippen LogP contribution in [0.2, 0.25) is 0 Å². The maximum absolute atomic E-state index is 12.5. The van der Waals surface area contributed by atoms with Crippen LogP contribution in [0.4, 0.5) is 14.5 Å². The molecule has 148 valence electrons. The topological polar surface area (TPSA) is 73.3 Å². The number of alkyl halides is 2. The lowest BCUT2D eigenvalue weighted by molar-refractivity contribution is -0.111. The van der Waals surface area contributed by atoms with Crippen LogP contribution < -0.4 is 14.8 Å². The van der Waals surface area contributed by atoms with Gasteiger partial charge in [0.1, 0.15) is 11.5 Å². The number of aryl methyl sites for hydroxylation is 1. The van der Waals surface area contributed by atoms with Gasteiger partial charge in [-0.2, -0.15) is 8.78 Å². The molecular weight excluding hydrogens is 380 g/mol. The number of amides is 1. The molecule has 2 aromatic carbocycles. The van der Waals surface area contributed by atoms with E-state index in [2.05, 4.69) is 20.0 Å². The third kappa shape index (κ3) is 5.83. The van der Waals surface area contributed by atoms with Gasteiger partial charge < -0.3 is 14.8 Å². The fourth-order valence-electron chi connectivity index (χ4n) is 2.44. The number of carbonyl (C=O) groups excluding carboxylic acids is 1. The van der Waals surface area contributed by atoms with Gasteiger partial charge in [-0.25, -0.2) is 9.97 Å². The van der Waals surface area contributed by atoms with Crippen LogP contribution in [0, 0.1) is 6.92 Å². The van der Waals surface area contributed by atoms with Crippen LogP contribution in [0.15, 0.2) is 67.0 Å². The van der Waals surface area contributed by atoms with Crippen molar-refractivity contribution in [2.24, 2.45) is 0 Å². The molecule has 8 heteroatoms. The smallest absolute Gasteiger partial charge is 0.387 e. The zero-order chi connectivity index (χ0) is 20.6. The average molecular weight is 397 g/mol. The van der Waals surface area contributed by atoms with E-state index < -0.39 is 12.5 Å². The predicted octanol–water partition coefficient (Wildman–Crippen LogP) is 4.83. The summed E-state index contributed by atoms with van der Waals surface area (Å²) in [6, 6.07) is 13.2. The monoisotopic (exact) mass is 397 g/mol. The Morgan fingerprint density at radius 3 is 2.59 bits per heavy atom. The zero-order valence-electron chi connectivity index (χ0n) is 15.4. The van der Waals surface area contributed by atoms with Crippen LogP contribution in [-0.4, -0.2) is 22.5 Å². The van der Waals surface area contributed by atoms with Crippen LogP contribution >= 0.6 is 0 Å². The van der Waals surface area contributed by atoms with E-state index in [0.717, 1.165) is 5.56 Å². The summed E-state index contributed by atoms with van der Waals surface area (Å²) in [4.78, 5) is 20.2. The molecule has 0 aliphatic carbocycles. The fourth-order valence-corrected chi connectivity index (χ4v) is 2.44. The van der Waals surface area contributed by atoms with E-state index in [1.54, 1.807) is 54.9 Å². The first kappa shape index (κ1) is 19.9. The highest BCUT2D eigenvalue weighted by Gasteiger charge is 2.08. The number of carbonyl (C=O) groups is 1. The van der Waals surface area contributed by atoms with E-state index in [-0.39, 0.29) is 11.8 Å². The number of rotatable bonds is 7. The summed E-state index contributed by atoms with van der Waals surface area (Å²) in [5.74, 6) is 0.104. The van der Waals surface area contributed by atoms with Gasteiger partial charge in [-0.05, 0) is 48.9 Å². The van der Waals surface area contributed by atoms with Crippen LogP contribution in [0.1, 0.15) is 11.1 Å². The lowest BCUT2D eigenvalue weighted by Crippen LogP contribution is -2.09. The molecule has 1 heterocycles. The van der Waals surface area contributed by atoms with Crippen molar-refractivity contribution in [3.8, 4) is 17.5 Å². The Bertz CT molecular complexity index is 1010. The van der Waals surface area contributed by atoms with Crippen molar-refractivity contribution in [1.82, 2.24) is 9.97 Å².